The second-order valence-corrected chi connectivity index (χ2v) is 8.16. The molecule has 1 unspecified atom stereocenters. The van der Waals surface area contributed by atoms with Gasteiger partial charge < -0.3 is 24.4 Å². The monoisotopic (exact) mass is 452 g/mol. The Morgan fingerprint density at radius 1 is 1.12 bits per heavy atom. The minimum atomic E-state index is -0.804. The van der Waals surface area contributed by atoms with Crippen molar-refractivity contribution in [3.8, 4) is 11.5 Å². The number of carbonyl (C=O) groups excluding carboxylic acids is 3. The van der Waals surface area contributed by atoms with Crippen LogP contribution in [-0.2, 0) is 14.4 Å². The van der Waals surface area contributed by atoms with Crippen molar-refractivity contribution in [2.45, 2.75) is 19.9 Å². The number of esters is 1. The summed E-state index contributed by atoms with van der Waals surface area (Å²) in [5.74, 6) is -1.46. The summed E-state index contributed by atoms with van der Waals surface area (Å²) in [5.41, 5.74) is 1.80. The molecule has 3 rings (SSSR count). The van der Waals surface area contributed by atoms with Crippen LogP contribution < -0.4 is 9.47 Å². The predicted molar refractivity (Wildman–Crippen MR) is 123 cm³/mol. The Bertz CT molecular complexity index is 1100. The summed E-state index contributed by atoms with van der Waals surface area (Å²) < 4.78 is 10.5. The van der Waals surface area contributed by atoms with E-state index in [1.54, 1.807) is 36.4 Å². The van der Waals surface area contributed by atoms with E-state index in [9.17, 15) is 19.5 Å². The maximum absolute atomic E-state index is 13.1. The molecule has 1 fully saturated rings. The van der Waals surface area contributed by atoms with Gasteiger partial charge in [0.25, 0.3) is 11.7 Å². The first-order valence-electron chi connectivity index (χ1n) is 10.5. The number of methoxy groups -OCH3 is 1. The Labute approximate surface area is 193 Å². The lowest BCUT2D eigenvalue weighted by Gasteiger charge is -2.26. The van der Waals surface area contributed by atoms with Crippen LogP contribution in [0.4, 0.5) is 0 Å². The van der Waals surface area contributed by atoms with E-state index >= 15 is 0 Å². The van der Waals surface area contributed by atoms with Crippen LogP contribution in [0.2, 0.25) is 0 Å². The zero-order valence-electron chi connectivity index (χ0n) is 19.4. The number of likely N-dealkylation sites (N-methyl/N-ethyl adjacent to an activating group) is 1. The van der Waals surface area contributed by atoms with Gasteiger partial charge in [-0.25, -0.2) is 0 Å². The molecule has 0 saturated carbocycles. The van der Waals surface area contributed by atoms with Gasteiger partial charge >= 0.3 is 5.97 Å². The third-order valence-corrected chi connectivity index (χ3v) is 5.40. The lowest BCUT2D eigenvalue weighted by atomic mass is 9.94. The predicted octanol–water partition coefficient (Wildman–Crippen LogP) is 2.91. The number of ketones is 1. The number of ether oxygens (including phenoxy) is 2. The molecule has 0 spiro atoms. The molecule has 174 valence electrons. The van der Waals surface area contributed by atoms with Crippen LogP contribution in [0.25, 0.3) is 5.76 Å². The number of likely N-dealkylation sites (tertiary alicyclic amines) is 1. The lowest BCUT2D eigenvalue weighted by Crippen LogP contribution is -2.35. The molecule has 1 atom stereocenters. The Morgan fingerprint density at radius 3 is 2.36 bits per heavy atom. The fraction of sp³-hybridized carbons (Fsp3) is 0.320. The molecule has 0 bridgehead atoms. The van der Waals surface area contributed by atoms with Crippen LogP contribution in [0, 0.1) is 6.92 Å². The van der Waals surface area contributed by atoms with Crippen molar-refractivity contribution < 1.29 is 29.0 Å². The highest BCUT2D eigenvalue weighted by molar-refractivity contribution is 6.46. The van der Waals surface area contributed by atoms with E-state index in [0.29, 0.717) is 29.2 Å². The molecule has 1 aliphatic heterocycles. The van der Waals surface area contributed by atoms with Crippen LogP contribution in [0.3, 0.4) is 0 Å². The molecule has 0 aromatic heterocycles. The van der Waals surface area contributed by atoms with Crippen molar-refractivity contribution in [3.63, 3.8) is 0 Å². The van der Waals surface area contributed by atoms with E-state index in [-0.39, 0.29) is 17.9 Å². The van der Waals surface area contributed by atoms with Gasteiger partial charge in [-0.15, -0.1) is 0 Å². The van der Waals surface area contributed by atoms with Crippen molar-refractivity contribution >= 4 is 23.4 Å². The summed E-state index contributed by atoms with van der Waals surface area (Å²) in [5, 5.41) is 11.3. The molecule has 1 heterocycles. The molecule has 1 amide bonds. The van der Waals surface area contributed by atoms with Crippen molar-refractivity contribution in [2.75, 3.05) is 34.3 Å². The van der Waals surface area contributed by atoms with Gasteiger partial charge in [0.05, 0.1) is 24.3 Å². The molecule has 33 heavy (non-hydrogen) atoms. The first kappa shape index (κ1) is 24.0. The highest BCUT2D eigenvalue weighted by Crippen LogP contribution is 2.41. The molecule has 0 aliphatic carbocycles. The Kier molecular flexibility index (Phi) is 7.18. The van der Waals surface area contributed by atoms with Gasteiger partial charge in [0, 0.05) is 20.0 Å². The van der Waals surface area contributed by atoms with Crippen LogP contribution in [0.1, 0.15) is 29.7 Å². The van der Waals surface area contributed by atoms with Gasteiger partial charge in [-0.05, 0) is 50.8 Å². The van der Waals surface area contributed by atoms with Crippen molar-refractivity contribution in [1.29, 1.82) is 0 Å². The normalized spacial score (nSPS) is 17.5. The van der Waals surface area contributed by atoms with Gasteiger partial charge in [0.1, 0.15) is 17.3 Å². The van der Waals surface area contributed by atoms with Crippen LogP contribution in [0.5, 0.6) is 11.5 Å². The number of aliphatic hydroxyl groups is 1. The van der Waals surface area contributed by atoms with Crippen molar-refractivity contribution in [1.82, 2.24) is 9.80 Å². The maximum atomic E-state index is 13.1. The quantitative estimate of drug-likeness (QED) is 0.227. The Hall–Kier alpha value is -3.65. The SMILES string of the molecule is COc1ccc(C)cc1/C(O)=C1\C(=O)C(=O)N(CCN(C)C)C1c1ccc(OC(C)=O)cc1. The summed E-state index contributed by atoms with van der Waals surface area (Å²) in [6, 6.07) is 11.0. The number of aryl methyl sites for hydroxylation is 1. The van der Waals surface area contributed by atoms with E-state index in [1.807, 2.05) is 32.0 Å². The standard InChI is InChI=1S/C25H28N2O6/c1-15-6-11-20(32-5)19(14-15)23(29)21-22(17-7-9-18(10-8-17)33-16(2)28)27(13-12-26(3)4)25(31)24(21)30/h6-11,14,22,29H,12-13H2,1-5H3/b23-21+. The van der Waals surface area contributed by atoms with Crippen molar-refractivity contribution in [3.05, 3.63) is 64.7 Å². The summed E-state index contributed by atoms with van der Waals surface area (Å²) >= 11 is 0. The highest BCUT2D eigenvalue weighted by Gasteiger charge is 2.46. The fourth-order valence-electron chi connectivity index (χ4n) is 3.80. The molecular formula is C25H28N2O6. The first-order valence-corrected chi connectivity index (χ1v) is 10.5. The van der Waals surface area contributed by atoms with E-state index in [4.69, 9.17) is 9.47 Å². The van der Waals surface area contributed by atoms with E-state index in [0.717, 1.165) is 5.56 Å². The third kappa shape index (κ3) is 5.06. The van der Waals surface area contributed by atoms with E-state index < -0.39 is 23.7 Å². The van der Waals surface area contributed by atoms with E-state index in [1.165, 1.54) is 18.9 Å². The average Bonchev–Trinajstić information content (AvgIpc) is 3.02. The second-order valence-electron chi connectivity index (χ2n) is 8.16. The topological polar surface area (TPSA) is 96.4 Å². The number of amides is 1. The summed E-state index contributed by atoms with van der Waals surface area (Å²) in [7, 11) is 5.22. The molecule has 2 aromatic carbocycles. The molecular weight excluding hydrogens is 424 g/mol. The molecule has 1 saturated heterocycles. The van der Waals surface area contributed by atoms with Crippen LogP contribution in [0.15, 0.2) is 48.0 Å². The minimum absolute atomic E-state index is 0.0112. The molecule has 2 aromatic rings. The number of benzene rings is 2. The zero-order valence-corrected chi connectivity index (χ0v) is 19.4. The number of carbonyl (C=O) groups is 3. The number of hydrogen-bond acceptors (Lipinski definition) is 7. The smallest absolute Gasteiger partial charge is 0.308 e. The number of hydrogen-bond donors (Lipinski definition) is 1. The van der Waals surface area contributed by atoms with Crippen LogP contribution >= 0.6 is 0 Å². The van der Waals surface area contributed by atoms with Gasteiger partial charge in [-0.1, -0.05) is 23.8 Å². The maximum Gasteiger partial charge on any atom is 0.308 e. The summed E-state index contributed by atoms with van der Waals surface area (Å²) in [6.07, 6.45) is 0. The van der Waals surface area contributed by atoms with Crippen molar-refractivity contribution in [2.24, 2.45) is 0 Å². The van der Waals surface area contributed by atoms with Gasteiger partial charge in [0.2, 0.25) is 0 Å². The van der Waals surface area contributed by atoms with Gasteiger partial charge in [-0.3, -0.25) is 14.4 Å². The molecule has 0 radical (unpaired) electrons. The number of nitrogens with zero attached hydrogens (tertiary/aromatic N) is 2. The highest BCUT2D eigenvalue weighted by atomic mass is 16.5. The Balaban J connectivity index is 2.17. The van der Waals surface area contributed by atoms with E-state index in [2.05, 4.69) is 0 Å². The minimum Gasteiger partial charge on any atom is -0.507 e. The zero-order chi connectivity index (χ0) is 24.3. The number of Topliss-reactive ketones (excluding diaryl/α,β-unsaturated/α-hetero) is 1. The van der Waals surface area contributed by atoms with Crippen LogP contribution in [-0.4, -0.2) is 66.9 Å². The first-order chi connectivity index (χ1) is 15.6. The lowest BCUT2D eigenvalue weighted by molar-refractivity contribution is -0.140. The molecule has 8 heteroatoms. The molecule has 8 nitrogen and oxygen atoms in total. The van der Waals surface area contributed by atoms with Gasteiger partial charge in [0.15, 0.2) is 0 Å². The number of rotatable bonds is 7. The van der Waals surface area contributed by atoms with Gasteiger partial charge in [-0.2, -0.15) is 0 Å². The third-order valence-electron chi connectivity index (χ3n) is 5.40. The fourth-order valence-corrected chi connectivity index (χ4v) is 3.80. The second kappa shape index (κ2) is 9.87. The molecule has 1 N–H and O–H groups in total. The Morgan fingerprint density at radius 2 is 1.79 bits per heavy atom. The summed E-state index contributed by atoms with van der Waals surface area (Å²) in [4.78, 5) is 40.7. The summed E-state index contributed by atoms with van der Waals surface area (Å²) in [6.45, 7) is 3.98. The number of aliphatic hydroxyl groups excluding tert-OH is 1. The average molecular weight is 453 g/mol. The molecule has 1 aliphatic rings. The largest absolute Gasteiger partial charge is 0.507 e.